The summed E-state index contributed by atoms with van der Waals surface area (Å²) in [7, 11) is 0. The van der Waals surface area contributed by atoms with Crippen LogP contribution in [0.25, 0.3) is 11.1 Å². The van der Waals surface area contributed by atoms with E-state index in [1.54, 1.807) is 0 Å². The Hall–Kier alpha value is -1.35. The molecule has 0 spiro atoms. The second kappa shape index (κ2) is 7.96. The Morgan fingerprint density at radius 2 is 1.70 bits per heavy atom. The van der Waals surface area contributed by atoms with Gasteiger partial charge in [0.05, 0.1) is 12.7 Å². The Morgan fingerprint density at radius 1 is 1.04 bits per heavy atom. The zero-order valence-corrected chi connectivity index (χ0v) is 14.4. The Balaban J connectivity index is 1.56. The molecule has 1 fully saturated rings. The molecule has 1 N–H and O–H groups in total. The van der Waals surface area contributed by atoms with Gasteiger partial charge >= 0.3 is 0 Å². The fourth-order valence-corrected chi connectivity index (χ4v) is 3.21. The van der Waals surface area contributed by atoms with Crippen molar-refractivity contribution in [1.29, 1.82) is 0 Å². The Kier molecular flexibility index (Phi) is 5.71. The number of hydrogen-bond donors (Lipinski definition) is 1. The summed E-state index contributed by atoms with van der Waals surface area (Å²) in [5.74, 6) is 0. The monoisotopic (exact) mass is 329 g/mol. The molecule has 2 nitrogen and oxygen atoms in total. The lowest BCUT2D eigenvalue weighted by atomic mass is 10.00. The van der Waals surface area contributed by atoms with Gasteiger partial charge in [-0.15, -0.1) is 0 Å². The Bertz CT molecular complexity index is 609. The third-order valence-corrected chi connectivity index (χ3v) is 4.81. The average molecular weight is 330 g/mol. The van der Waals surface area contributed by atoms with E-state index in [9.17, 15) is 0 Å². The Labute approximate surface area is 143 Å². The molecule has 0 radical (unpaired) electrons. The number of halogens is 1. The predicted molar refractivity (Wildman–Crippen MR) is 96.8 cm³/mol. The minimum atomic E-state index is 0.386. The summed E-state index contributed by atoms with van der Waals surface area (Å²) in [5, 5.41) is 4.31. The first kappa shape index (κ1) is 16.5. The first-order valence-electron chi connectivity index (χ1n) is 8.44. The van der Waals surface area contributed by atoms with Crippen molar-refractivity contribution >= 4 is 11.6 Å². The van der Waals surface area contributed by atoms with Crippen molar-refractivity contribution in [3.8, 4) is 11.1 Å². The molecule has 0 bridgehead atoms. The van der Waals surface area contributed by atoms with Crippen molar-refractivity contribution in [3.63, 3.8) is 0 Å². The zero-order chi connectivity index (χ0) is 16.1. The highest BCUT2D eigenvalue weighted by atomic mass is 35.5. The second-order valence-corrected chi connectivity index (χ2v) is 6.66. The van der Waals surface area contributed by atoms with Crippen LogP contribution in [-0.4, -0.2) is 18.7 Å². The number of rotatable bonds is 5. The van der Waals surface area contributed by atoms with Crippen LogP contribution in [0.2, 0.25) is 5.02 Å². The molecule has 0 aliphatic carbocycles. The van der Waals surface area contributed by atoms with Gasteiger partial charge in [-0.3, -0.25) is 0 Å². The van der Waals surface area contributed by atoms with E-state index in [2.05, 4.69) is 36.5 Å². The van der Waals surface area contributed by atoms with Gasteiger partial charge in [0, 0.05) is 11.1 Å². The van der Waals surface area contributed by atoms with Gasteiger partial charge in [-0.2, -0.15) is 0 Å². The molecule has 0 aromatic heterocycles. The van der Waals surface area contributed by atoms with Crippen molar-refractivity contribution in [2.24, 2.45) is 0 Å². The average Bonchev–Trinajstić information content (AvgIpc) is 2.61. The predicted octanol–water partition coefficient (Wildman–Crippen LogP) is 5.05. The lowest BCUT2D eigenvalue weighted by Crippen LogP contribution is -2.40. The van der Waals surface area contributed by atoms with E-state index in [1.807, 2.05) is 24.3 Å². The molecule has 2 unspecified atom stereocenters. The number of piperidine rings is 1. The second-order valence-electron chi connectivity index (χ2n) is 6.22. The quantitative estimate of drug-likeness (QED) is 0.828. The third-order valence-electron chi connectivity index (χ3n) is 4.56. The molecule has 2 atom stereocenters. The first-order valence-corrected chi connectivity index (χ1v) is 8.82. The van der Waals surface area contributed by atoms with Crippen LogP contribution in [0, 0.1) is 0 Å². The van der Waals surface area contributed by atoms with Crippen LogP contribution >= 0.6 is 11.6 Å². The molecule has 1 heterocycles. The van der Waals surface area contributed by atoms with Gasteiger partial charge in [-0.25, -0.2) is 0 Å². The van der Waals surface area contributed by atoms with Crippen LogP contribution in [0.5, 0.6) is 0 Å². The van der Waals surface area contributed by atoms with Crippen molar-refractivity contribution in [1.82, 2.24) is 5.32 Å². The molecule has 1 aliphatic rings. The van der Waals surface area contributed by atoms with Gasteiger partial charge in [0.15, 0.2) is 0 Å². The van der Waals surface area contributed by atoms with Crippen LogP contribution in [0.15, 0.2) is 48.5 Å². The lowest BCUT2D eigenvalue weighted by Gasteiger charge is -2.29. The highest BCUT2D eigenvalue weighted by Crippen LogP contribution is 2.23. The van der Waals surface area contributed by atoms with Crippen LogP contribution < -0.4 is 5.32 Å². The van der Waals surface area contributed by atoms with E-state index in [0.717, 1.165) is 24.4 Å². The van der Waals surface area contributed by atoms with E-state index in [4.69, 9.17) is 16.3 Å². The molecule has 1 aliphatic heterocycles. The summed E-state index contributed by atoms with van der Waals surface area (Å²) < 4.78 is 6.10. The molecule has 2 aromatic carbocycles. The van der Waals surface area contributed by atoms with E-state index in [-0.39, 0.29) is 0 Å². The van der Waals surface area contributed by atoms with Gasteiger partial charge in [-0.05, 0) is 54.6 Å². The van der Waals surface area contributed by atoms with Crippen molar-refractivity contribution in [2.45, 2.75) is 44.9 Å². The fourth-order valence-electron chi connectivity index (χ4n) is 3.08. The van der Waals surface area contributed by atoms with E-state index in [0.29, 0.717) is 18.8 Å². The smallest absolute Gasteiger partial charge is 0.0720 e. The van der Waals surface area contributed by atoms with Crippen LogP contribution in [0.1, 0.15) is 31.7 Å². The number of ether oxygens (including phenoxy) is 1. The van der Waals surface area contributed by atoms with Crippen LogP contribution in [0.3, 0.4) is 0 Å². The molecule has 23 heavy (non-hydrogen) atoms. The highest BCUT2D eigenvalue weighted by Gasteiger charge is 2.20. The summed E-state index contributed by atoms with van der Waals surface area (Å²) in [4.78, 5) is 0. The minimum Gasteiger partial charge on any atom is -0.373 e. The van der Waals surface area contributed by atoms with E-state index in [1.165, 1.54) is 23.1 Å². The molecule has 0 saturated carbocycles. The third kappa shape index (κ3) is 4.57. The van der Waals surface area contributed by atoms with Crippen LogP contribution in [-0.2, 0) is 11.3 Å². The summed E-state index contributed by atoms with van der Waals surface area (Å²) in [5.41, 5.74) is 3.62. The molecular weight excluding hydrogens is 306 g/mol. The molecule has 3 heteroatoms. The zero-order valence-electron chi connectivity index (χ0n) is 13.6. The van der Waals surface area contributed by atoms with Gasteiger partial charge in [-0.1, -0.05) is 54.9 Å². The molecule has 3 rings (SSSR count). The van der Waals surface area contributed by atoms with Crippen molar-refractivity contribution in [2.75, 3.05) is 6.54 Å². The van der Waals surface area contributed by atoms with Gasteiger partial charge in [0.2, 0.25) is 0 Å². The van der Waals surface area contributed by atoms with Crippen LogP contribution in [0.4, 0.5) is 0 Å². The fraction of sp³-hybridized carbons (Fsp3) is 0.400. The van der Waals surface area contributed by atoms with Crippen molar-refractivity contribution < 1.29 is 4.74 Å². The summed E-state index contributed by atoms with van der Waals surface area (Å²) >= 11 is 5.94. The van der Waals surface area contributed by atoms with E-state index < -0.39 is 0 Å². The molecule has 1 saturated heterocycles. The molecule has 2 aromatic rings. The summed E-state index contributed by atoms with van der Waals surface area (Å²) in [6.45, 7) is 4.00. The number of hydrogen-bond acceptors (Lipinski definition) is 2. The maximum Gasteiger partial charge on any atom is 0.0720 e. The molecule has 122 valence electrons. The summed E-state index contributed by atoms with van der Waals surface area (Å²) in [6.07, 6.45) is 3.80. The SMILES string of the molecule is CCC1CC(OCc2ccc(-c3ccc(Cl)cc3)cc2)CCN1. The topological polar surface area (TPSA) is 21.3 Å². The maximum absolute atomic E-state index is 6.10. The first-order chi connectivity index (χ1) is 11.2. The van der Waals surface area contributed by atoms with Gasteiger partial charge in [0.1, 0.15) is 0 Å². The Morgan fingerprint density at radius 3 is 2.35 bits per heavy atom. The number of nitrogens with one attached hydrogen (secondary N) is 1. The minimum absolute atomic E-state index is 0.386. The summed E-state index contributed by atoms with van der Waals surface area (Å²) in [6, 6.07) is 17.2. The molecule has 0 amide bonds. The van der Waals surface area contributed by atoms with Gasteiger partial charge in [0.25, 0.3) is 0 Å². The standard InChI is InChI=1S/C20H24ClNO/c1-2-19-13-20(11-12-22-19)23-14-15-3-5-16(6-4-15)17-7-9-18(21)10-8-17/h3-10,19-20,22H,2,11-14H2,1H3. The number of benzene rings is 2. The highest BCUT2D eigenvalue weighted by molar-refractivity contribution is 6.30. The van der Waals surface area contributed by atoms with Crippen molar-refractivity contribution in [3.05, 3.63) is 59.1 Å². The lowest BCUT2D eigenvalue weighted by molar-refractivity contribution is 0.0105. The largest absolute Gasteiger partial charge is 0.373 e. The normalized spacial score (nSPS) is 21.3. The van der Waals surface area contributed by atoms with Gasteiger partial charge < -0.3 is 10.1 Å². The maximum atomic E-state index is 6.10. The molecular formula is C20H24ClNO. The van der Waals surface area contributed by atoms with E-state index >= 15 is 0 Å².